The fourth-order valence-electron chi connectivity index (χ4n) is 5.32. The van der Waals surface area contributed by atoms with Gasteiger partial charge in [0.15, 0.2) is 5.76 Å². The minimum Gasteiger partial charge on any atom is -0.465 e. The second kappa shape index (κ2) is 11.9. The van der Waals surface area contributed by atoms with E-state index in [4.69, 9.17) is 13.9 Å². The molecule has 2 heterocycles. The third kappa shape index (κ3) is 5.60. The van der Waals surface area contributed by atoms with E-state index >= 15 is 0 Å². The molecule has 9 heteroatoms. The van der Waals surface area contributed by atoms with E-state index in [1.807, 2.05) is 43.3 Å². The molecular weight excluding hydrogens is 566 g/mol. The third-order valence-electron chi connectivity index (χ3n) is 7.38. The highest BCUT2D eigenvalue weighted by Gasteiger charge is 2.48. The monoisotopic (exact) mass is 599 g/mol. The summed E-state index contributed by atoms with van der Waals surface area (Å²) in [5, 5.41) is 0.555. The van der Waals surface area contributed by atoms with Gasteiger partial charge in [-0.1, -0.05) is 72.8 Å². The number of carbonyl (C=O) groups excluding carboxylic acids is 2. The highest BCUT2D eigenvalue weighted by Crippen LogP contribution is 2.49. The molecule has 0 unspecified atom stereocenters. The lowest BCUT2D eigenvalue weighted by molar-refractivity contribution is -0.152. The van der Waals surface area contributed by atoms with Gasteiger partial charge in [-0.25, -0.2) is 13.2 Å². The summed E-state index contributed by atoms with van der Waals surface area (Å²) in [5.41, 5.74) is 1.17. The summed E-state index contributed by atoms with van der Waals surface area (Å²) in [5.74, 6) is -1.11. The van der Waals surface area contributed by atoms with Gasteiger partial charge >= 0.3 is 11.9 Å². The van der Waals surface area contributed by atoms with Crippen LogP contribution < -0.4 is 4.31 Å². The van der Waals surface area contributed by atoms with Crippen molar-refractivity contribution in [2.75, 3.05) is 24.1 Å². The lowest BCUT2D eigenvalue weighted by Gasteiger charge is -2.34. The molecule has 0 N–H and O–H groups in total. The van der Waals surface area contributed by atoms with Crippen LogP contribution in [0.1, 0.15) is 37.2 Å². The number of rotatable bonds is 9. The summed E-state index contributed by atoms with van der Waals surface area (Å²) in [6.07, 6.45) is 1.42. The molecule has 0 saturated heterocycles. The van der Waals surface area contributed by atoms with Crippen molar-refractivity contribution in [3.63, 3.8) is 0 Å². The number of furan rings is 1. The first-order chi connectivity index (χ1) is 20.6. The van der Waals surface area contributed by atoms with Gasteiger partial charge in [-0.15, -0.1) is 0 Å². The summed E-state index contributed by atoms with van der Waals surface area (Å²) in [4.78, 5) is 26.9. The second-order valence-corrected chi connectivity index (χ2v) is 12.3. The molecular formula is C34H33NO7S. The first-order valence-corrected chi connectivity index (χ1v) is 15.5. The molecule has 0 radical (unpaired) electrons. The smallest absolute Gasteiger partial charge is 0.333 e. The van der Waals surface area contributed by atoms with Crippen molar-refractivity contribution in [1.29, 1.82) is 0 Å². The third-order valence-corrected chi connectivity index (χ3v) is 9.14. The van der Waals surface area contributed by atoms with Crippen LogP contribution in [0.15, 0.2) is 106 Å². The van der Waals surface area contributed by atoms with Crippen LogP contribution in [-0.2, 0) is 29.1 Å². The molecule has 8 nitrogen and oxygen atoms in total. The van der Waals surface area contributed by atoms with Gasteiger partial charge in [-0.2, -0.15) is 0 Å². The predicted molar refractivity (Wildman–Crippen MR) is 165 cm³/mol. The number of sulfonamides is 1. The molecule has 0 bridgehead atoms. The van der Waals surface area contributed by atoms with E-state index in [0.717, 1.165) is 5.56 Å². The van der Waals surface area contributed by atoms with Crippen molar-refractivity contribution < 1.29 is 31.9 Å². The lowest BCUT2D eigenvalue weighted by Crippen LogP contribution is -2.45. The van der Waals surface area contributed by atoms with Crippen molar-refractivity contribution in [2.24, 2.45) is 5.41 Å². The van der Waals surface area contributed by atoms with Crippen LogP contribution in [0, 0.1) is 12.3 Å². The van der Waals surface area contributed by atoms with E-state index in [0.29, 0.717) is 27.8 Å². The van der Waals surface area contributed by atoms with E-state index in [1.54, 1.807) is 50.3 Å². The predicted octanol–water partition coefficient (Wildman–Crippen LogP) is 6.44. The van der Waals surface area contributed by atoms with Gasteiger partial charge < -0.3 is 13.9 Å². The summed E-state index contributed by atoms with van der Waals surface area (Å²) in [7, 11) is -4.28. The van der Waals surface area contributed by atoms with Gasteiger partial charge in [-0.3, -0.25) is 9.10 Å². The van der Waals surface area contributed by atoms with Gasteiger partial charge in [0.2, 0.25) is 0 Å². The molecule has 1 aliphatic rings. The summed E-state index contributed by atoms with van der Waals surface area (Å²) in [6.45, 7) is 8.90. The Labute approximate surface area is 251 Å². The number of hydrogen-bond acceptors (Lipinski definition) is 7. The fourth-order valence-corrected chi connectivity index (χ4v) is 6.88. The number of ether oxygens (including phenoxy) is 2. The molecule has 0 amide bonds. The van der Waals surface area contributed by atoms with Gasteiger partial charge in [0.25, 0.3) is 10.0 Å². The molecule has 1 atom stereocenters. The maximum atomic E-state index is 14.6. The van der Waals surface area contributed by atoms with Crippen LogP contribution in [0.25, 0.3) is 16.5 Å². The van der Waals surface area contributed by atoms with Crippen LogP contribution in [0.5, 0.6) is 0 Å². The first-order valence-electron chi connectivity index (χ1n) is 14.0. The minimum atomic E-state index is -4.28. The summed E-state index contributed by atoms with van der Waals surface area (Å²) >= 11 is 0. The van der Waals surface area contributed by atoms with Crippen LogP contribution in [0.4, 0.5) is 5.69 Å². The Balaban J connectivity index is 1.86. The molecule has 3 aromatic carbocycles. The van der Waals surface area contributed by atoms with Crippen molar-refractivity contribution in [2.45, 2.75) is 32.1 Å². The molecule has 1 aromatic heterocycles. The average Bonchev–Trinajstić information content (AvgIpc) is 3.30. The SMILES string of the molecule is C=C(C[C@@]1(C(=O)OCC)C=C(c2ccccc2)c2oc3ccccc3c2N(S(=O)(=O)c2ccc(C)cc2)C1)C(=O)OCC. The number of para-hydroxylation sites is 1. The second-order valence-electron chi connectivity index (χ2n) is 10.4. The van der Waals surface area contributed by atoms with Gasteiger partial charge in [0, 0.05) is 23.0 Å². The molecule has 4 aromatic rings. The molecule has 0 saturated carbocycles. The highest BCUT2D eigenvalue weighted by molar-refractivity contribution is 7.92. The van der Waals surface area contributed by atoms with Crippen LogP contribution >= 0.6 is 0 Å². The molecule has 1 aliphatic heterocycles. The van der Waals surface area contributed by atoms with Crippen molar-refractivity contribution in [3.8, 4) is 0 Å². The maximum absolute atomic E-state index is 14.6. The Morgan fingerprint density at radius 2 is 1.58 bits per heavy atom. The Kier molecular flexibility index (Phi) is 8.28. The maximum Gasteiger partial charge on any atom is 0.333 e. The van der Waals surface area contributed by atoms with Gasteiger partial charge in [0.05, 0.1) is 24.7 Å². The van der Waals surface area contributed by atoms with Crippen molar-refractivity contribution in [1.82, 2.24) is 0 Å². The number of aryl methyl sites for hydroxylation is 1. The Hall–Kier alpha value is -4.63. The topological polar surface area (TPSA) is 103 Å². The summed E-state index contributed by atoms with van der Waals surface area (Å²) in [6, 6.07) is 22.9. The van der Waals surface area contributed by atoms with Crippen LogP contribution in [0.2, 0.25) is 0 Å². The lowest BCUT2D eigenvalue weighted by atomic mass is 9.79. The Bertz CT molecular complexity index is 1820. The molecule has 5 rings (SSSR count). The van der Waals surface area contributed by atoms with Gasteiger partial charge in [-0.05, 0) is 50.6 Å². The van der Waals surface area contributed by atoms with Crippen LogP contribution in [-0.4, -0.2) is 40.1 Å². The zero-order valence-electron chi connectivity index (χ0n) is 24.3. The van der Waals surface area contributed by atoms with E-state index < -0.39 is 27.4 Å². The minimum absolute atomic E-state index is 0.00891. The van der Waals surface area contributed by atoms with E-state index in [2.05, 4.69) is 6.58 Å². The molecule has 0 fully saturated rings. The Morgan fingerprint density at radius 3 is 2.26 bits per heavy atom. The number of carbonyl (C=O) groups is 2. The van der Waals surface area contributed by atoms with Crippen molar-refractivity contribution >= 4 is 44.2 Å². The number of esters is 2. The Morgan fingerprint density at radius 1 is 0.930 bits per heavy atom. The number of fused-ring (bicyclic) bond motifs is 3. The molecule has 222 valence electrons. The zero-order chi connectivity index (χ0) is 30.8. The van der Waals surface area contributed by atoms with E-state index in [9.17, 15) is 18.0 Å². The number of benzene rings is 3. The molecule has 43 heavy (non-hydrogen) atoms. The van der Waals surface area contributed by atoms with Crippen molar-refractivity contribution in [3.05, 3.63) is 114 Å². The number of anilines is 1. The van der Waals surface area contributed by atoms with Crippen LogP contribution in [0.3, 0.4) is 0 Å². The standard InChI is InChI=1S/C34H33NO7S/c1-5-40-32(36)24(4)20-34(33(37)41-6-2)21-28(25-12-8-7-9-13-25)31-30(27-14-10-11-15-29(27)42-31)35(22-34)43(38,39)26-18-16-23(3)17-19-26/h7-19,21H,4-6,20,22H2,1-3H3/t34-/m1/s1. The van der Waals surface area contributed by atoms with E-state index in [-0.39, 0.29) is 42.4 Å². The normalized spacial score (nSPS) is 16.6. The quantitative estimate of drug-likeness (QED) is 0.161. The first kappa shape index (κ1) is 29.8. The molecule has 0 aliphatic carbocycles. The highest BCUT2D eigenvalue weighted by atomic mass is 32.2. The van der Waals surface area contributed by atoms with Gasteiger partial charge in [0.1, 0.15) is 16.7 Å². The average molecular weight is 600 g/mol. The largest absolute Gasteiger partial charge is 0.465 e. The zero-order valence-corrected chi connectivity index (χ0v) is 25.1. The number of hydrogen-bond donors (Lipinski definition) is 0. The summed E-state index contributed by atoms with van der Waals surface area (Å²) < 4.78 is 47.6. The number of nitrogens with zero attached hydrogens (tertiary/aromatic N) is 1. The fraction of sp³-hybridized carbons (Fsp3) is 0.235. The molecule has 0 spiro atoms. The van der Waals surface area contributed by atoms with E-state index in [1.165, 1.54) is 16.4 Å².